The van der Waals surface area contributed by atoms with Gasteiger partial charge in [0.25, 0.3) is 5.91 Å². The highest BCUT2D eigenvalue weighted by Crippen LogP contribution is 2.29. The molecule has 0 atom stereocenters. The van der Waals surface area contributed by atoms with Crippen LogP contribution in [-0.4, -0.2) is 48.3 Å². The lowest BCUT2D eigenvalue weighted by Gasteiger charge is -2.17. The van der Waals surface area contributed by atoms with Crippen LogP contribution in [0.3, 0.4) is 0 Å². The standard InChI is InChI=1S/C23H26F3N3O2/c1-28(15-18-6-10-20(11-7-18)23(24,25)26)16-21(30)27-14-17-4-8-19(9-5-17)22(31)29-12-2-3-13-29/h4-11H,2-3,12-16H2,1H3,(H,27,30). The Kier molecular flexibility index (Phi) is 7.33. The van der Waals surface area contributed by atoms with Crippen LogP contribution in [0.15, 0.2) is 48.5 Å². The van der Waals surface area contributed by atoms with Crippen LogP contribution >= 0.6 is 0 Å². The van der Waals surface area contributed by atoms with Crippen LogP contribution in [0.25, 0.3) is 0 Å². The van der Waals surface area contributed by atoms with Gasteiger partial charge in [0.2, 0.25) is 5.91 Å². The van der Waals surface area contributed by atoms with E-state index in [1.807, 2.05) is 17.0 Å². The molecule has 0 unspecified atom stereocenters. The Morgan fingerprint density at radius 3 is 2.13 bits per heavy atom. The molecule has 1 aliphatic rings. The number of likely N-dealkylation sites (tertiary alicyclic amines) is 1. The average Bonchev–Trinajstić information content (AvgIpc) is 3.26. The van der Waals surface area contributed by atoms with Crippen LogP contribution in [0.4, 0.5) is 13.2 Å². The Morgan fingerprint density at radius 1 is 0.968 bits per heavy atom. The molecule has 2 aromatic carbocycles. The summed E-state index contributed by atoms with van der Waals surface area (Å²) >= 11 is 0. The SMILES string of the molecule is CN(CC(=O)NCc1ccc(C(=O)N2CCCC2)cc1)Cc1ccc(C(F)(F)F)cc1. The normalized spacial score (nSPS) is 14.2. The molecule has 0 spiro atoms. The fraction of sp³-hybridized carbons (Fsp3) is 0.391. The Bertz CT molecular complexity index is 890. The van der Waals surface area contributed by atoms with Crippen LogP contribution in [0.1, 0.15) is 39.9 Å². The second kappa shape index (κ2) is 9.96. The van der Waals surface area contributed by atoms with Gasteiger partial charge in [0, 0.05) is 31.7 Å². The molecule has 0 radical (unpaired) electrons. The van der Waals surface area contributed by atoms with E-state index in [9.17, 15) is 22.8 Å². The summed E-state index contributed by atoms with van der Waals surface area (Å²) in [6.07, 6.45) is -2.27. The zero-order valence-corrected chi connectivity index (χ0v) is 17.4. The third kappa shape index (κ3) is 6.55. The quantitative estimate of drug-likeness (QED) is 0.725. The van der Waals surface area contributed by atoms with E-state index in [0.29, 0.717) is 24.2 Å². The van der Waals surface area contributed by atoms with Gasteiger partial charge in [-0.05, 0) is 55.3 Å². The van der Waals surface area contributed by atoms with Crippen LogP contribution in [0, 0.1) is 0 Å². The molecule has 0 aromatic heterocycles. The maximum Gasteiger partial charge on any atom is 0.416 e. The number of nitrogens with one attached hydrogen (secondary N) is 1. The maximum atomic E-state index is 12.6. The van der Waals surface area contributed by atoms with Gasteiger partial charge in [-0.3, -0.25) is 14.5 Å². The summed E-state index contributed by atoms with van der Waals surface area (Å²) < 4.78 is 37.9. The third-order valence-corrected chi connectivity index (χ3v) is 5.23. The van der Waals surface area contributed by atoms with E-state index < -0.39 is 11.7 Å². The number of halogens is 3. The lowest BCUT2D eigenvalue weighted by atomic mass is 10.1. The number of hydrogen-bond acceptors (Lipinski definition) is 3. The second-order valence-electron chi connectivity index (χ2n) is 7.84. The van der Waals surface area contributed by atoms with Crippen molar-refractivity contribution >= 4 is 11.8 Å². The predicted octanol–water partition coefficient (Wildman–Crippen LogP) is 3.69. The van der Waals surface area contributed by atoms with Gasteiger partial charge in [0.15, 0.2) is 0 Å². The van der Waals surface area contributed by atoms with Gasteiger partial charge in [-0.2, -0.15) is 13.2 Å². The highest BCUT2D eigenvalue weighted by atomic mass is 19.4. The minimum Gasteiger partial charge on any atom is -0.351 e. The summed E-state index contributed by atoms with van der Waals surface area (Å²) in [5, 5.41) is 2.82. The molecule has 2 amide bonds. The molecular formula is C23H26F3N3O2. The number of alkyl halides is 3. The number of carbonyl (C=O) groups excluding carboxylic acids is 2. The molecule has 0 saturated carbocycles. The van der Waals surface area contributed by atoms with Gasteiger partial charge in [-0.15, -0.1) is 0 Å². The molecule has 166 valence electrons. The lowest BCUT2D eigenvalue weighted by molar-refractivity contribution is -0.137. The van der Waals surface area contributed by atoms with Crippen LogP contribution < -0.4 is 5.32 Å². The molecule has 0 aliphatic carbocycles. The van der Waals surface area contributed by atoms with Gasteiger partial charge in [-0.25, -0.2) is 0 Å². The van der Waals surface area contributed by atoms with Gasteiger partial charge in [-0.1, -0.05) is 24.3 Å². The van der Waals surface area contributed by atoms with Crippen molar-refractivity contribution < 1.29 is 22.8 Å². The molecule has 8 heteroatoms. The Labute approximate surface area is 179 Å². The molecule has 1 aliphatic heterocycles. The smallest absolute Gasteiger partial charge is 0.351 e. The van der Waals surface area contributed by atoms with E-state index in [2.05, 4.69) is 5.32 Å². The maximum absolute atomic E-state index is 12.6. The van der Waals surface area contributed by atoms with E-state index in [0.717, 1.165) is 43.6 Å². The minimum atomic E-state index is -4.36. The van der Waals surface area contributed by atoms with E-state index in [4.69, 9.17) is 0 Å². The highest BCUT2D eigenvalue weighted by molar-refractivity contribution is 5.94. The summed E-state index contributed by atoms with van der Waals surface area (Å²) in [6.45, 7) is 2.42. The van der Waals surface area contributed by atoms with Gasteiger partial charge >= 0.3 is 6.18 Å². The van der Waals surface area contributed by atoms with Crippen molar-refractivity contribution in [2.24, 2.45) is 0 Å². The van der Waals surface area contributed by atoms with E-state index >= 15 is 0 Å². The van der Waals surface area contributed by atoms with Crippen molar-refractivity contribution in [3.63, 3.8) is 0 Å². The van der Waals surface area contributed by atoms with Crippen LogP contribution in [0.2, 0.25) is 0 Å². The topological polar surface area (TPSA) is 52.7 Å². The van der Waals surface area contributed by atoms with Gasteiger partial charge < -0.3 is 10.2 Å². The monoisotopic (exact) mass is 433 g/mol. The van der Waals surface area contributed by atoms with E-state index in [-0.39, 0.29) is 18.4 Å². The predicted molar refractivity (Wildman–Crippen MR) is 111 cm³/mol. The molecular weight excluding hydrogens is 407 g/mol. The number of rotatable bonds is 7. The second-order valence-corrected chi connectivity index (χ2v) is 7.84. The first kappa shape index (κ1) is 22.8. The molecule has 5 nitrogen and oxygen atoms in total. The number of carbonyl (C=O) groups is 2. The number of amides is 2. The molecule has 3 rings (SSSR count). The minimum absolute atomic E-state index is 0.0398. The Morgan fingerprint density at radius 2 is 1.55 bits per heavy atom. The molecule has 1 N–H and O–H groups in total. The van der Waals surface area contributed by atoms with Crippen molar-refractivity contribution in [3.8, 4) is 0 Å². The molecule has 2 aromatic rings. The molecule has 1 saturated heterocycles. The first-order valence-corrected chi connectivity index (χ1v) is 10.2. The highest BCUT2D eigenvalue weighted by Gasteiger charge is 2.30. The average molecular weight is 433 g/mol. The van der Waals surface area contributed by atoms with E-state index in [1.165, 1.54) is 12.1 Å². The first-order chi connectivity index (χ1) is 14.7. The largest absolute Gasteiger partial charge is 0.416 e. The van der Waals surface area contributed by atoms with Crippen LogP contribution in [0.5, 0.6) is 0 Å². The zero-order valence-electron chi connectivity index (χ0n) is 17.4. The third-order valence-electron chi connectivity index (χ3n) is 5.23. The molecule has 1 fully saturated rings. The summed E-state index contributed by atoms with van der Waals surface area (Å²) in [5.41, 5.74) is 1.54. The summed E-state index contributed by atoms with van der Waals surface area (Å²) in [7, 11) is 1.73. The van der Waals surface area contributed by atoms with Crippen LogP contribution in [-0.2, 0) is 24.1 Å². The number of nitrogens with zero attached hydrogens (tertiary/aromatic N) is 2. The Hall–Kier alpha value is -2.87. The van der Waals surface area contributed by atoms with Crippen molar-refractivity contribution in [3.05, 3.63) is 70.8 Å². The summed E-state index contributed by atoms with van der Waals surface area (Å²) in [6, 6.07) is 12.1. The van der Waals surface area contributed by atoms with Crippen molar-refractivity contribution in [1.82, 2.24) is 15.1 Å². The zero-order chi connectivity index (χ0) is 22.4. The van der Waals surface area contributed by atoms with E-state index in [1.54, 1.807) is 24.1 Å². The lowest BCUT2D eigenvalue weighted by Crippen LogP contribution is -2.34. The van der Waals surface area contributed by atoms with Crippen molar-refractivity contribution in [1.29, 1.82) is 0 Å². The molecule has 0 bridgehead atoms. The first-order valence-electron chi connectivity index (χ1n) is 10.2. The molecule has 31 heavy (non-hydrogen) atoms. The fourth-order valence-electron chi connectivity index (χ4n) is 3.54. The van der Waals surface area contributed by atoms with Crippen molar-refractivity contribution in [2.75, 3.05) is 26.7 Å². The number of likely N-dealkylation sites (N-methyl/N-ethyl adjacent to an activating group) is 1. The summed E-state index contributed by atoms with van der Waals surface area (Å²) in [4.78, 5) is 28.1. The Balaban J connectivity index is 1.43. The number of hydrogen-bond donors (Lipinski definition) is 1. The fourth-order valence-corrected chi connectivity index (χ4v) is 3.54. The summed E-state index contributed by atoms with van der Waals surface area (Å²) in [5.74, 6) is -0.149. The molecule has 1 heterocycles. The van der Waals surface area contributed by atoms with Gasteiger partial charge in [0.05, 0.1) is 12.1 Å². The number of benzene rings is 2. The van der Waals surface area contributed by atoms with Gasteiger partial charge in [0.1, 0.15) is 0 Å². The van der Waals surface area contributed by atoms with Crippen molar-refractivity contribution in [2.45, 2.75) is 32.1 Å².